The van der Waals surface area contributed by atoms with Crippen LogP contribution in [0.3, 0.4) is 0 Å². The van der Waals surface area contributed by atoms with E-state index in [1.807, 2.05) is 0 Å². The maximum atomic E-state index is 15.0. The molecule has 5 rings (SSSR count). The third-order valence-corrected chi connectivity index (χ3v) is 7.20. The Morgan fingerprint density at radius 1 is 1.03 bits per heavy atom. The predicted octanol–water partition coefficient (Wildman–Crippen LogP) is 4.58. The summed E-state index contributed by atoms with van der Waals surface area (Å²) >= 11 is 0. The Morgan fingerprint density at radius 2 is 1.89 bits per heavy atom. The molecule has 1 fully saturated rings. The molecule has 0 amide bonds. The fourth-order valence-electron chi connectivity index (χ4n) is 4.16. The van der Waals surface area contributed by atoms with E-state index in [0.717, 1.165) is 32.0 Å². The van der Waals surface area contributed by atoms with Crippen molar-refractivity contribution < 1.29 is 17.5 Å². The summed E-state index contributed by atoms with van der Waals surface area (Å²) in [7, 11) is -3.73. The van der Waals surface area contributed by atoms with Crippen LogP contribution in [0.15, 0.2) is 79.1 Å². The number of aromatic nitrogens is 3. The average molecular weight is 535 g/mol. The number of nitrogens with one attached hydrogen (secondary N) is 3. The van der Waals surface area contributed by atoms with E-state index in [1.54, 1.807) is 54.7 Å². The molecule has 0 aliphatic carbocycles. The van der Waals surface area contributed by atoms with Gasteiger partial charge in [0.2, 0.25) is 21.9 Å². The maximum absolute atomic E-state index is 15.0. The van der Waals surface area contributed by atoms with Crippen molar-refractivity contribution in [2.45, 2.75) is 24.6 Å². The molecule has 1 aliphatic rings. The highest BCUT2D eigenvalue weighted by molar-refractivity contribution is 7.91. The SMILES string of the molecule is O=S(=O)(Cc1ccccc1)Nc1ccc(Oc2ncccc2-c2ccnc(NC3CCCNC3)n2)c(F)c1. The standard InChI is InChI=1S/C27H27FN6O3S/c28-23-16-20(34-38(35,36)18-19-6-2-1-3-7-19)10-11-25(23)37-26-22(9-5-14-30-26)24-12-15-31-27(33-24)32-21-8-4-13-29-17-21/h1-3,5-7,9-12,14-16,21,29,34H,4,8,13,17-18H2,(H,31,32,33). The summed E-state index contributed by atoms with van der Waals surface area (Å²) in [5, 5.41) is 6.70. The Morgan fingerprint density at radius 3 is 2.68 bits per heavy atom. The molecule has 0 bridgehead atoms. The first kappa shape index (κ1) is 25.6. The zero-order valence-corrected chi connectivity index (χ0v) is 21.3. The number of hydrogen-bond donors (Lipinski definition) is 3. The van der Waals surface area contributed by atoms with E-state index in [0.29, 0.717) is 22.8 Å². The molecular weight excluding hydrogens is 507 g/mol. The van der Waals surface area contributed by atoms with Crippen LogP contribution in [0.5, 0.6) is 11.6 Å². The van der Waals surface area contributed by atoms with E-state index in [4.69, 9.17) is 4.74 Å². The maximum Gasteiger partial charge on any atom is 0.236 e. The summed E-state index contributed by atoms with van der Waals surface area (Å²) in [6, 6.07) is 18.1. The number of benzene rings is 2. The molecule has 2 aromatic carbocycles. The van der Waals surface area contributed by atoms with E-state index < -0.39 is 15.8 Å². The number of piperidine rings is 1. The van der Waals surface area contributed by atoms with Gasteiger partial charge in [0, 0.05) is 31.0 Å². The second-order valence-electron chi connectivity index (χ2n) is 8.90. The smallest absolute Gasteiger partial charge is 0.236 e. The fraction of sp³-hybridized carbons (Fsp3) is 0.222. The number of halogens is 1. The Bertz CT molecular complexity index is 1500. The Hall–Kier alpha value is -4.09. The number of nitrogens with zero attached hydrogens (tertiary/aromatic N) is 3. The van der Waals surface area contributed by atoms with Crippen LogP contribution in [0.2, 0.25) is 0 Å². The summed E-state index contributed by atoms with van der Waals surface area (Å²) in [6.45, 7) is 1.85. The van der Waals surface area contributed by atoms with Crippen LogP contribution < -0.4 is 20.1 Å². The second-order valence-corrected chi connectivity index (χ2v) is 10.6. The molecule has 4 aromatic rings. The monoisotopic (exact) mass is 534 g/mol. The van der Waals surface area contributed by atoms with Crippen molar-refractivity contribution in [2.75, 3.05) is 23.1 Å². The fourth-order valence-corrected chi connectivity index (χ4v) is 5.35. The molecule has 38 heavy (non-hydrogen) atoms. The molecule has 1 atom stereocenters. The second kappa shape index (κ2) is 11.5. The Kier molecular flexibility index (Phi) is 7.75. The van der Waals surface area contributed by atoms with E-state index in [9.17, 15) is 12.8 Å². The van der Waals surface area contributed by atoms with Gasteiger partial charge in [-0.15, -0.1) is 0 Å². The molecule has 1 aliphatic heterocycles. The summed E-state index contributed by atoms with van der Waals surface area (Å²) in [6.07, 6.45) is 5.29. The predicted molar refractivity (Wildman–Crippen MR) is 144 cm³/mol. The first-order valence-electron chi connectivity index (χ1n) is 12.2. The Balaban J connectivity index is 1.31. The van der Waals surface area contributed by atoms with Gasteiger partial charge in [-0.25, -0.2) is 27.8 Å². The lowest BCUT2D eigenvalue weighted by molar-refractivity contribution is 0.429. The van der Waals surface area contributed by atoms with E-state index >= 15 is 0 Å². The molecule has 3 N–H and O–H groups in total. The lowest BCUT2D eigenvalue weighted by Gasteiger charge is -2.23. The first-order chi connectivity index (χ1) is 18.4. The van der Waals surface area contributed by atoms with Crippen molar-refractivity contribution in [3.63, 3.8) is 0 Å². The van der Waals surface area contributed by atoms with Gasteiger partial charge in [0.05, 0.1) is 22.7 Å². The van der Waals surface area contributed by atoms with E-state index in [1.165, 1.54) is 18.3 Å². The number of anilines is 2. The largest absolute Gasteiger partial charge is 0.435 e. The van der Waals surface area contributed by atoms with Gasteiger partial charge in [-0.3, -0.25) is 4.72 Å². The molecular formula is C27H27FN6O3S. The number of sulfonamides is 1. The van der Waals surface area contributed by atoms with Gasteiger partial charge in [-0.2, -0.15) is 0 Å². The molecule has 0 radical (unpaired) electrons. The lowest BCUT2D eigenvalue weighted by Crippen LogP contribution is -2.38. The van der Waals surface area contributed by atoms with Gasteiger partial charge in [-0.1, -0.05) is 30.3 Å². The molecule has 1 saturated heterocycles. The minimum atomic E-state index is -3.73. The molecule has 0 spiro atoms. The van der Waals surface area contributed by atoms with Crippen molar-refractivity contribution in [1.29, 1.82) is 0 Å². The third-order valence-electron chi connectivity index (χ3n) is 5.94. The summed E-state index contributed by atoms with van der Waals surface area (Å²) in [5.74, 6) is -0.414. The van der Waals surface area contributed by atoms with Crippen LogP contribution in [0.25, 0.3) is 11.3 Å². The molecule has 1 unspecified atom stereocenters. The molecule has 196 valence electrons. The van der Waals surface area contributed by atoms with Crippen molar-refractivity contribution >= 4 is 21.7 Å². The lowest BCUT2D eigenvalue weighted by atomic mass is 10.1. The molecule has 3 heterocycles. The number of ether oxygens (including phenoxy) is 1. The molecule has 0 saturated carbocycles. The number of rotatable bonds is 9. The topological polar surface area (TPSA) is 118 Å². The van der Waals surface area contributed by atoms with Crippen molar-refractivity contribution in [3.8, 4) is 22.9 Å². The number of pyridine rings is 1. The summed E-state index contributed by atoms with van der Waals surface area (Å²) in [5.41, 5.74) is 1.85. The minimum absolute atomic E-state index is 0.0933. The molecule has 9 nitrogen and oxygen atoms in total. The number of hydrogen-bond acceptors (Lipinski definition) is 8. The highest BCUT2D eigenvalue weighted by atomic mass is 32.2. The van der Waals surface area contributed by atoms with Crippen LogP contribution in [0.4, 0.5) is 16.0 Å². The Labute approximate surface area is 220 Å². The van der Waals surface area contributed by atoms with Crippen molar-refractivity contribution in [3.05, 3.63) is 90.5 Å². The van der Waals surface area contributed by atoms with Gasteiger partial charge >= 0.3 is 0 Å². The highest BCUT2D eigenvalue weighted by Gasteiger charge is 2.18. The van der Waals surface area contributed by atoms with Gasteiger partial charge in [-0.05, 0) is 55.3 Å². The van der Waals surface area contributed by atoms with Crippen molar-refractivity contribution in [1.82, 2.24) is 20.3 Å². The average Bonchev–Trinajstić information content (AvgIpc) is 2.91. The van der Waals surface area contributed by atoms with Crippen LogP contribution in [0.1, 0.15) is 18.4 Å². The van der Waals surface area contributed by atoms with Crippen LogP contribution in [0, 0.1) is 5.82 Å². The zero-order chi connectivity index (χ0) is 26.4. The van der Waals surface area contributed by atoms with Gasteiger partial charge in [0.1, 0.15) is 0 Å². The van der Waals surface area contributed by atoms with Crippen LogP contribution in [-0.4, -0.2) is 42.5 Å². The highest BCUT2D eigenvalue weighted by Crippen LogP contribution is 2.33. The van der Waals surface area contributed by atoms with E-state index in [-0.39, 0.29) is 29.1 Å². The van der Waals surface area contributed by atoms with Crippen LogP contribution >= 0.6 is 0 Å². The quantitative estimate of drug-likeness (QED) is 0.286. The summed E-state index contributed by atoms with van der Waals surface area (Å²) < 4.78 is 48.2. The molecule has 2 aromatic heterocycles. The third kappa shape index (κ3) is 6.61. The molecule has 11 heteroatoms. The van der Waals surface area contributed by atoms with Gasteiger partial charge < -0.3 is 15.4 Å². The minimum Gasteiger partial charge on any atom is -0.435 e. The van der Waals surface area contributed by atoms with Crippen molar-refractivity contribution in [2.24, 2.45) is 0 Å². The summed E-state index contributed by atoms with van der Waals surface area (Å²) in [4.78, 5) is 13.2. The van der Waals surface area contributed by atoms with Crippen LogP contribution in [-0.2, 0) is 15.8 Å². The normalized spacial score (nSPS) is 15.6. The zero-order valence-electron chi connectivity index (χ0n) is 20.5. The first-order valence-corrected chi connectivity index (χ1v) is 13.9. The van der Waals surface area contributed by atoms with Gasteiger partial charge in [0.15, 0.2) is 11.6 Å². The van der Waals surface area contributed by atoms with Gasteiger partial charge in [0.25, 0.3) is 0 Å². The van der Waals surface area contributed by atoms with E-state index in [2.05, 4.69) is 30.3 Å².